The highest BCUT2D eigenvalue weighted by molar-refractivity contribution is 9.09. The Hall–Kier alpha value is -0.350. The molecule has 1 aromatic heterocycles. The van der Waals surface area contributed by atoms with E-state index >= 15 is 0 Å². The van der Waals surface area contributed by atoms with Gasteiger partial charge in [0.25, 0.3) is 0 Å². The standard InChI is InChI=1S/C9H15BrN2O/c1-4-12-7(3)9(6(2)11-12)8(13)5-10/h8,13H,4-5H2,1-3H3/t8-/m0/s1. The van der Waals surface area contributed by atoms with Crippen molar-refractivity contribution < 1.29 is 5.11 Å². The number of rotatable bonds is 3. The first-order chi connectivity index (χ1) is 6.11. The van der Waals surface area contributed by atoms with Gasteiger partial charge in [-0.2, -0.15) is 5.10 Å². The monoisotopic (exact) mass is 246 g/mol. The van der Waals surface area contributed by atoms with Crippen LogP contribution in [0.2, 0.25) is 0 Å². The van der Waals surface area contributed by atoms with E-state index in [0.29, 0.717) is 5.33 Å². The largest absolute Gasteiger partial charge is 0.387 e. The lowest BCUT2D eigenvalue weighted by Gasteiger charge is -2.07. The van der Waals surface area contributed by atoms with Crippen molar-refractivity contribution in [1.29, 1.82) is 0 Å². The Kier molecular flexibility index (Phi) is 3.50. The molecule has 1 N–H and O–H groups in total. The van der Waals surface area contributed by atoms with Crippen LogP contribution in [0.4, 0.5) is 0 Å². The molecule has 3 nitrogen and oxygen atoms in total. The Balaban J connectivity index is 3.12. The highest BCUT2D eigenvalue weighted by atomic mass is 79.9. The maximum Gasteiger partial charge on any atom is 0.0922 e. The Morgan fingerprint density at radius 1 is 1.54 bits per heavy atom. The van der Waals surface area contributed by atoms with Gasteiger partial charge in [0.05, 0.1) is 11.8 Å². The van der Waals surface area contributed by atoms with E-state index in [2.05, 4.69) is 21.0 Å². The van der Waals surface area contributed by atoms with Crippen molar-refractivity contribution in [2.45, 2.75) is 33.4 Å². The van der Waals surface area contributed by atoms with E-state index in [-0.39, 0.29) is 0 Å². The van der Waals surface area contributed by atoms with Crippen LogP contribution in [0.5, 0.6) is 0 Å². The van der Waals surface area contributed by atoms with E-state index in [1.807, 2.05) is 25.5 Å². The van der Waals surface area contributed by atoms with E-state index in [1.54, 1.807) is 0 Å². The van der Waals surface area contributed by atoms with Crippen molar-refractivity contribution >= 4 is 15.9 Å². The van der Waals surface area contributed by atoms with Crippen LogP contribution in [0.1, 0.15) is 30.0 Å². The molecule has 1 aromatic rings. The molecule has 0 aliphatic rings. The quantitative estimate of drug-likeness (QED) is 0.829. The first-order valence-corrected chi connectivity index (χ1v) is 5.51. The summed E-state index contributed by atoms with van der Waals surface area (Å²) in [5, 5.41) is 14.6. The summed E-state index contributed by atoms with van der Waals surface area (Å²) in [5.74, 6) is 0. The fourth-order valence-electron chi connectivity index (χ4n) is 1.58. The van der Waals surface area contributed by atoms with E-state index in [0.717, 1.165) is 23.5 Å². The summed E-state index contributed by atoms with van der Waals surface area (Å²) in [6, 6.07) is 0. The number of hydrogen-bond acceptors (Lipinski definition) is 2. The highest BCUT2D eigenvalue weighted by Gasteiger charge is 2.16. The molecule has 0 spiro atoms. The normalized spacial score (nSPS) is 13.3. The van der Waals surface area contributed by atoms with Crippen molar-refractivity contribution in [3.8, 4) is 0 Å². The van der Waals surface area contributed by atoms with Crippen LogP contribution in [-0.2, 0) is 6.54 Å². The van der Waals surface area contributed by atoms with E-state index < -0.39 is 6.10 Å². The zero-order valence-electron chi connectivity index (χ0n) is 8.21. The fraction of sp³-hybridized carbons (Fsp3) is 0.667. The SMILES string of the molecule is CCn1nc(C)c([C@@H](O)CBr)c1C. The summed E-state index contributed by atoms with van der Waals surface area (Å²) < 4.78 is 1.91. The second-order valence-corrected chi connectivity index (χ2v) is 3.72. The summed E-state index contributed by atoms with van der Waals surface area (Å²) in [4.78, 5) is 0. The van der Waals surface area contributed by atoms with Crippen LogP contribution in [0, 0.1) is 13.8 Å². The molecule has 1 rings (SSSR count). The van der Waals surface area contributed by atoms with Gasteiger partial charge >= 0.3 is 0 Å². The summed E-state index contributed by atoms with van der Waals surface area (Å²) >= 11 is 3.26. The number of aromatic nitrogens is 2. The smallest absolute Gasteiger partial charge is 0.0922 e. The van der Waals surface area contributed by atoms with Crippen LogP contribution in [-0.4, -0.2) is 20.2 Å². The molecule has 4 heteroatoms. The lowest BCUT2D eigenvalue weighted by atomic mass is 10.1. The lowest BCUT2D eigenvalue weighted by molar-refractivity contribution is 0.204. The van der Waals surface area contributed by atoms with Crippen LogP contribution in [0.25, 0.3) is 0 Å². The zero-order valence-corrected chi connectivity index (χ0v) is 9.80. The third-order valence-electron chi connectivity index (χ3n) is 2.22. The number of aryl methyl sites for hydroxylation is 2. The second kappa shape index (κ2) is 4.24. The van der Waals surface area contributed by atoms with Gasteiger partial charge in [-0.3, -0.25) is 4.68 Å². The fourth-order valence-corrected chi connectivity index (χ4v) is 1.90. The molecule has 0 aliphatic heterocycles. The van der Waals surface area contributed by atoms with Gasteiger partial charge in [-0.15, -0.1) is 0 Å². The predicted molar refractivity (Wildman–Crippen MR) is 56.1 cm³/mol. The van der Waals surface area contributed by atoms with Gasteiger partial charge in [0, 0.05) is 23.1 Å². The minimum Gasteiger partial charge on any atom is -0.387 e. The van der Waals surface area contributed by atoms with Crippen molar-refractivity contribution in [2.75, 3.05) is 5.33 Å². The molecule has 74 valence electrons. The van der Waals surface area contributed by atoms with Crippen LogP contribution in [0.15, 0.2) is 0 Å². The molecule has 0 radical (unpaired) electrons. The van der Waals surface area contributed by atoms with Crippen molar-refractivity contribution in [3.63, 3.8) is 0 Å². The topological polar surface area (TPSA) is 38.0 Å². The van der Waals surface area contributed by atoms with E-state index in [9.17, 15) is 5.11 Å². The molecule has 0 bridgehead atoms. The Morgan fingerprint density at radius 3 is 2.54 bits per heavy atom. The maximum absolute atomic E-state index is 9.70. The number of nitrogens with zero attached hydrogens (tertiary/aromatic N) is 2. The van der Waals surface area contributed by atoms with Crippen LogP contribution < -0.4 is 0 Å². The number of hydrogen-bond donors (Lipinski definition) is 1. The molecule has 0 fully saturated rings. The molecule has 13 heavy (non-hydrogen) atoms. The molecule has 0 saturated heterocycles. The molecule has 0 unspecified atom stereocenters. The number of aliphatic hydroxyl groups is 1. The summed E-state index contributed by atoms with van der Waals surface area (Å²) in [6.45, 7) is 6.82. The van der Waals surface area contributed by atoms with Gasteiger partial charge in [0.2, 0.25) is 0 Å². The van der Waals surface area contributed by atoms with Crippen molar-refractivity contribution in [2.24, 2.45) is 0 Å². The highest BCUT2D eigenvalue weighted by Crippen LogP contribution is 2.22. The molecule has 0 aromatic carbocycles. The molecule has 1 atom stereocenters. The first kappa shape index (κ1) is 10.7. The van der Waals surface area contributed by atoms with Crippen LogP contribution in [0.3, 0.4) is 0 Å². The van der Waals surface area contributed by atoms with Gasteiger partial charge in [0.15, 0.2) is 0 Å². The minimum absolute atomic E-state index is 0.444. The number of aliphatic hydroxyl groups excluding tert-OH is 1. The zero-order chi connectivity index (χ0) is 10.0. The molecule has 0 saturated carbocycles. The summed E-state index contributed by atoms with van der Waals surface area (Å²) in [5.41, 5.74) is 2.94. The average molecular weight is 247 g/mol. The third kappa shape index (κ3) is 1.94. The Labute approximate surface area is 86.9 Å². The molecule has 0 aliphatic carbocycles. The first-order valence-electron chi connectivity index (χ1n) is 4.39. The summed E-state index contributed by atoms with van der Waals surface area (Å²) in [7, 11) is 0. The summed E-state index contributed by atoms with van der Waals surface area (Å²) in [6.07, 6.45) is -0.444. The van der Waals surface area contributed by atoms with Crippen molar-refractivity contribution in [3.05, 3.63) is 17.0 Å². The number of alkyl halides is 1. The number of halogens is 1. The van der Waals surface area contributed by atoms with Gasteiger partial charge in [-0.25, -0.2) is 0 Å². The van der Waals surface area contributed by atoms with E-state index in [1.165, 1.54) is 0 Å². The third-order valence-corrected chi connectivity index (χ3v) is 2.83. The molecular weight excluding hydrogens is 232 g/mol. The van der Waals surface area contributed by atoms with Gasteiger partial charge < -0.3 is 5.11 Å². The predicted octanol–water partition coefficient (Wildman–Crippen LogP) is 1.95. The van der Waals surface area contributed by atoms with E-state index in [4.69, 9.17) is 0 Å². The maximum atomic E-state index is 9.70. The lowest BCUT2D eigenvalue weighted by Crippen LogP contribution is -2.03. The average Bonchev–Trinajstić information content (AvgIpc) is 2.40. The van der Waals surface area contributed by atoms with Crippen LogP contribution >= 0.6 is 15.9 Å². The second-order valence-electron chi connectivity index (χ2n) is 3.07. The minimum atomic E-state index is -0.444. The Morgan fingerprint density at radius 2 is 2.15 bits per heavy atom. The van der Waals surface area contributed by atoms with Gasteiger partial charge in [-0.05, 0) is 20.8 Å². The van der Waals surface area contributed by atoms with Gasteiger partial charge in [0.1, 0.15) is 0 Å². The molecular formula is C9H15BrN2O. The molecule has 1 heterocycles. The van der Waals surface area contributed by atoms with Gasteiger partial charge in [-0.1, -0.05) is 15.9 Å². The molecule has 0 amide bonds. The van der Waals surface area contributed by atoms with Crippen molar-refractivity contribution in [1.82, 2.24) is 9.78 Å². The Bertz CT molecular complexity index is 296.